The number of carbonyl (C=O) groups is 5. The van der Waals surface area contributed by atoms with Crippen molar-refractivity contribution in [1.29, 1.82) is 0 Å². The van der Waals surface area contributed by atoms with E-state index in [-0.39, 0.29) is 47.8 Å². The zero-order chi connectivity index (χ0) is 41.6. The molecule has 4 aromatic rings. The number of hydrogen-bond acceptors (Lipinski definition) is 14. The lowest BCUT2D eigenvalue weighted by molar-refractivity contribution is -0.136. The van der Waals surface area contributed by atoms with Crippen LogP contribution < -0.4 is 36.0 Å². The van der Waals surface area contributed by atoms with E-state index in [1.807, 2.05) is 12.1 Å². The van der Waals surface area contributed by atoms with Crippen LogP contribution in [0.3, 0.4) is 0 Å². The number of carbonyl (C=O) groups excluding carboxylic acids is 5. The molecule has 0 radical (unpaired) electrons. The van der Waals surface area contributed by atoms with Gasteiger partial charge in [0.1, 0.15) is 11.1 Å². The maximum Gasteiger partial charge on any atom is 0.293 e. The van der Waals surface area contributed by atoms with Gasteiger partial charge in [-0.25, -0.2) is 4.98 Å². The number of β-amino-alcohol motifs (C(OH)–C–C–N with tert-alkyl or cyclic N) is 1. The van der Waals surface area contributed by atoms with Gasteiger partial charge in [0.05, 0.1) is 28.4 Å². The van der Waals surface area contributed by atoms with Crippen LogP contribution in [0.1, 0.15) is 46.4 Å². The lowest BCUT2D eigenvalue weighted by Gasteiger charge is -2.43. The molecule has 19 heteroatoms. The molecule has 18 nitrogen and oxygen atoms in total. The van der Waals surface area contributed by atoms with Crippen molar-refractivity contribution in [2.75, 3.05) is 74.6 Å². The van der Waals surface area contributed by atoms with Crippen molar-refractivity contribution in [3.63, 3.8) is 0 Å². The van der Waals surface area contributed by atoms with Gasteiger partial charge in [-0.15, -0.1) is 0 Å². The minimum Gasteiger partial charge on any atom is -0.478 e. The number of aliphatic hydroxyl groups is 1. The number of halogens is 1. The van der Waals surface area contributed by atoms with Crippen LogP contribution in [0, 0.1) is 0 Å². The highest BCUT2D eigenvalue weighted by Crippen LogP contribution is 2.34. The first kappa shape index (κ1) is 39.7. The Balaban J connectivity index is 0.858. The number of imide groups is 2. The van der Waals surface area contributed by atoms with E-state index >= 15 is 0 Å². The molecule has 308 valence electrons. The summed E-state index contributed by atoms with van der Waals surface area (Å²) in [6, 6.07) is 11.1. The van der Waals surface area contributed by atoms with Gasteiger partial charge in [-0.2, -0.15) is 4.98 Å². The lowest BCUT2D eigenvalue weighted by atomic mass is 9.90. The van der Waals surface area contributed by atoms with E-state index in [9.17, 15) is 33.9 Å². The van der Waals surface area contributed by atoms with E-state index in [0.717, 1.165) is 10.6 Å². The van der Waals surface area contributed by atoms with Crippen molar-refractivity contribution >= 4 is 75.2 Å². The molecule has 0 bridgehead atoms. The summed E-state index contributed by atoms with van der Waals surface area (Å²) in [4.78, 5) is 91.6. The van der Waals surface area contributed by atoms with Crippen molar-refractivity contribution in [3.8, 4) is 5.75 Å². The first-order valence-electron chi connectivity index (χ1n) is 19.4. The minimum absolute atomic E-state index is 0.0518. The standard InChI is InChI=1S/C40H43ClN10O8/c1-42-33(53)21-59-31-18-23-17-24(3-6-29(23)47(2)38(31)57)44-34-28(41)20-43-39(46-34)50-15-13-48(14-16-50)22-40(58)9-11-49(12-10-40)25-4-5-26-27(19-25)37(56)51(36(26)55)30-7-8-32(52)45-35(30)54/h3-6,17-20,30,58H,7-16,21-22H2,1-2H3,(H,42,53)(H,43,44,46)(H,45,52,54). The lowest BCUT2D eigenvalue weighted by Crippen LogP contribution is -2.55. The molecular weight excluding hydrogens is 784 g/mol. The molecular formula is C40H43ClN10O8. The van der Waals surface area contributed by atoms with Crippen LogP contribution in [0.4, 0.5) is 23.1 Å². The Morgan fingerprint density at radius 2 is 1.71 bits per heavy atom. The van der Waals surface area contributed by atoms with Gasteiger partial charge in [-0.05, 0) is 61.7 Å². The second kappa shape index (κ2) is 15.9. The molecule has 2 aromatic heterocycles. The number of nitrogens with zero attached hydrogens (tertiary/aromatic N) is 7. The number of rotatable bonds is 10. The fourth-order valence-electron chi connectivity index (χ4n) is 8.10. The number of anilines is 4. The highest BCUT2D eigenvalue weighted by molar-refractivity contribution is 6.33. The monoisotopic (exact) mass is 826 g/mol. The summed E-state index contributed by atoms with van der Waals surface area (Å²) in [5, 5.41) is 20.6. The predicted molar refractivity (Wildman–Crippen MR) is 217 cm³/mol. The molecule has 2 aromatic carbocycles. The Bertz CT molecular complexity index is 2440. The molecule has 59 heavy (non-hydrogen) atoms. The zero-order valence-corrected chi connectivity index (χ0v) is 33.3. The number of aryl methyl sites for hydroxylation is 1. The predicted octanol–water partition coefficient (Wildman–Crippen LogP) is 1.41. The summed E-state index contributed by atoms with van der Waals surface area (Å²) in [5.74, 6) is -1.55. The van der Waals surface area contributed by atoms with Gasteiger partial charge in [0.15, 0.2) is 18.2 Å². The Hall–Kier alpha value is -6.11. The number of fused-ring (bicyclic) bond motifs is 2. The number of likely N-dealkylation sites (N-methyl/N-ethyl adjacent to an activating group) is 1. The summed E-state index contributed by atoms with van der Waals surface area (Å²) in [6.07, 6.45) is 2.71. The number of piperazine rings is 1. The van der Waals surface area contributed by atoms with Crippen LogP contribution in [-0.2, 0) is 21.4 Å². The number of amides is 5. The third-order valence-electron chi connectivity index (χ3n) is 11.5. The molecule has 1 atom stereocenters. The first-order valence-corrected chi connectivity index (χ1v) is 19.8. The van der Waals surface area contributed by atoms with Crippen LogP contribution in [0.2, 0.25) is 5.02 Å². The average Bonchev–Trinajstić information content (AvgIpc) is 3.47. The molecule has 4 N–H and O–H groups in total. The van der Waals surface area contributed by atoms with Crippen molar-refractivity contribution < 1.29 is 33.8 Å². The summed E-state index contributed by atoms with van der Waals surface area (Å²) >= 11 is 6.53. The topological polar surface area (TPSA) is 212 Å². The number of nitrogens with one attached hydrogen (secondary N) is 3. The fourth-order valence-corrected chi connectivity index (χ4v) is 8.24. The average molecular weight is 827 g/mol. The number of piperidine rings is 2. The second-order valence-electron chi connectivity index (χ2n) is 15.3. The summed E-state index contributed by atoms with van der Waals surface area (Å²) in [5.41, 5.74) is 1.28. The number of hydrogen-bond donors (Lipinski definition) is 4. The third-order valence-corrected chi connectivity index (χ3v) is 11.8. The van der Waals surface area contributed by atoms with E-state index in [1.54, 1.807) is 43.6 Å². The molecule has 3 saturated heterocycles. The van der Waals surface area contributed by atoms with Gasteiger partial charge < -0.3 is 34.8 Å². The molecule has 6 heterocycles. The van der Waals surface area contributed by atoms with Gasteiger partial charge in [-0.3, -0.25) is 43.9 Å². The van der Waals surface area contributed by atoms with Gasteiger partial charge in [-0.1, -0.05) is 11.6 Å². The Kier molecular flexibility index (Phi) is 10.7. The van der Waals surface area contributed by atoms with Crippen LogP contribution in [0.5, 0.6) is 5.75 Å². The molecule has 0 aliphatic carbocycles. The highest BCUT2D eigenvalue weighted by atomic mass is 35.5. The van der Waals surface area contributed by atoms with Crippen LogP contribution in [0.15, 0.2) is 53.5 Å². The smallest absolute Gasteiger partial charge is 0.293 e. The van der Waals surface area contributed by atoms with Gasteiger partial charge in [0, 0.05) is 83.1 Å². The van der Waals surface area contributed by atoms with Gasteiger partial charge in [0.25, 0.3) is 23.3 Å². The van der Waals surface area contributed by atoms with Crippen LogP contribution in [0.25, 0.3) is 10.9 Å². The summed E-state index contributed by atoms with van der Waals surface area (Å²) in [7, 11) is 3.13. The summed E-state index contributed by atoms with van der Waals surface area (Å²) < 4.78 is 6.95. The van der Waals surface area contributed by atoms with Crippen molar-refractivity contribution in [3.05, 3.63) is 75.2 Å². The van der Waals surface area contributed by atoms with E-state index in [1.165, 1.54) is 11.6 Å². The van der Waals surface area contributed by atoms with Gasteiger partial charge >= 0.3 is 0 Å². The maximum atomic E-state index is 13.4. The molecule has 1 unspecified atom stereocenters. The molecule has 0 saturated carbocycles. The van der Waals surface area contributed by atoms with E-state index in [2.05, 4.69) is 35.6 Å². The van der Waals surface area contributed by atoms with Crippen LogP contribution in [-0.4, -0.2) is 130 Å². The second-order valence-corrected chi connectivity index (χ2v) is 15.7. The Labute approximate surface area is 343 Å². The van der Waals surface area contributed by atoms with E-state index in [4.69, 9.17) is 21.3 Å². The number of ether oxygens (including phenoxy) is 1. The van der Waals surface area contributed by atoms with Crippen molar-refractivity contribution in [2.24, 2.45) is 7.05 Å². The van der Waals surface area contributed by atoms with Gasteiger partial charge in [0.2, 0.25) is 17.8 Å². The fraction of sp³-hybridized carbons (Fsp3) is 0.400. The molecule has 4 aliphatic heterocycles. The summed E-state index contributed by atoms with van der Waals surface area (Å²) in [6.45, 7) is 3.92. The Morgan fingerprint density at radius 1 is 0.966 bits per heavy atom. The first-order chi connectivity index (χ1) is 28.3. The zero-order valence-electron chi connectivity index (χ0n) is 32.5. The maximum absolute atomic E-state index is 13.4. The van der Waals surface area contributed by atoms with Crippen molar-refractivity contribution in [2.45, 2.75) is 37.3 Å². The number of benzene rings is 2. The number of pyridine rings is 1. The molecule has 3 fully saturated rings. The van der Waals surface area contributed by atoms with E-state index < -0.39 is 35.3 Å². The Morgan fingerprint density at radius 3 is 2.44 bits per heavy atom. The largest absolute Gasteiger partial charge is 0.478 e. The molecule has 4 aliphatic rings. The quantitative estimate of drug-likeness (QED) is 0.167. The van der Waals surface area contributed by atoms with Crippen LogP contribution >= 0.6 is 11.6 Å². The normalized spacial score (nSPS) is 19.5. The highest BCUT2D eigenvalue weighted by Gasteiger charge is 2.45. The van der Waals surface area contributed by atoms with E-state index in [0.29, 0.717) is 92.0 Å². The third kappa shape index (κ3) is 7.90. The number of aromatic nitrogens is 3. The molecule has 8 rings (SSSR count). The molecule has 0 spiro atoms. The minimum atomic E-state index is -1.02. The molecule has 5 amide bonds. The SMILES string of the molecule is CNC(=O)COc1cc2cc(Nc3nc(N4CCN(CC5(O)CCN(c6ccc7c(c6)C(=O)N(C6CCC(=O)NC6=O)C7=O)CC5)CC4)ncc3Cl)ccc2n(C)c1=O. The van der Waals surface area contributed by atoms with Crippen molar-refractivity contribution in [1.82, 2.24) is 35.0 Å².